The van der Waals surface area contributed by atoms with Gasteiger partial charge < -0.3 is 5.32 Å². The Labute approximate surface area is 122 Å². The molecule has 1 unspecified atom stereocenters. The van der Waals surface area contributed by atoms with E-state index in [1.54, 1.807) is 18.2 Å². The molecule has 0 spiro atoms. The molecule has 1 atom stereocenters. The number of alkyl halides is 1. The third kappa shape index (κ3) is 4.27. The average Bonchev–Trinajstić information content (AvgIpc) is 2.41. The zero-order valence-corrected chi connectivity index (χ0v) is 11.7. The highest BCUT2D eigenvalue weighted by Crippen LogP contribution is 2.20. The Morgan fingerprint density at radius 1 is 1.37 bits per heavy atom. The van der Waals surface area contributed by atoms with E-state index in [1.165, 1.54) is 6.08 Å². The van der Waals surface area contributed by atoms with Crippen molar-refractivity contribution < 1.29 is 4.79 Å². The minimum atomic E-state index is -0.213. The predicted octanol–water partition coefficient (Wildman–Crippen LogP) is 4.33. The van der Waals surface area contributed by atoms with E-state index in [2.05, 4.69) is 5.32 Å². The molecule has 1 aromatic carbocycles. The fourth-order valence-corrected chi connectivity index (χ4v) is 1.99. The molecule has 19 heavy (non-hydrogen) atoms. The summed E-state index contributed by atoms with van der Waals surface area (Å²) in [7, 11) is 0. The van der Waals surface area contributed by atoms with E-state index in [9.17, 15) is 4.79 Å². The van der Waals surface area contributed by atoms with Crippen LogP contribution >= 0.6 is 23.2 Å². The van der Waals surface area contributed by atoms with Gasteiger partial charge in [-0.15, -0.1) is 11.6 Å². The lowest BCUT2D eigenvalue weighted by Gasteiger charge is -2.07. The Kier molecular flexibility index (Phi) is 4.83. The third-order valence-corrected chi connectivity index (χ3v) is 3.29. The largest absolute Gasteiger partial charge is 0.321 e. The molecular formula is C15H13Cl2NO. The number of hydrogen-bond acceptors (Lipinski definition) is 1. The summed E-state index contributed by atoms with van der Waals surface area (Å²) in [6.07, 6.45) is 9.83. The number of allylic oxidation sites excluding steroid dienone is 5. The number of para-hydroxylation sites is 1. The van der Waals surface area contributed by atoms with Crippen LogP contribution in [0.15, 0.2) is 60.2 Å². The molecule has 1 aromatic rings. The zero-order valence-electron chi connectivity index (χ0n) is 10.1. The summed E-state index contributed by atoms with van der Waals surface area (Å²) in [6, 6.07) is 7.12. The molecule has 98 valence electrons. The topological polar surface area (TPSA) is 29.1 Å². The lowest BCUT2D eigenvalue weighted by Crippen LogP contribution is -2.08. The molecule has 0 heterocycles. The second-order valence-corrected chi connectivity index (χ2v) is 5.09. The second-order valence-electron chi connectivity index (χ2n) is 4.12. The van der Waals surface area contributed by atoms with Crippen molar-refractivity contribution in [3.05, 3.63) is 65.2 Å². The van der Waals surface area contributed by atoms with Crippen LogP contribution in [-0.2, 0) is 4.79 Å². The van der Waals surface area contributed by atoms with Gasteiger partial charge in [-0.2, -0.15) is 0 Å². The van der Waals surface area contributed by atoms with E-state index < -0.39 is 0 Å². The van der Waals surface area contributed by atoms with Crippen molar-refractivity contribution in [2.45, 2.75) is 11.8 Å². The third-order valence-electron chi connectivity index (χ3n) is 2.64. The molecule has 1 N–H and O–H groups in total. The summed E-state index contributed by atoms with van der Waals surface area (Å²) < 4.78 is 0. The molecule has 1 aliphatic carbocycles. The summed E-state index contributed by atoms with van der Waals surface area (Å²) in [5, 5.41) is 3.29. The van der Waals surface area contributed by atoms with Crippen LogP contribution in [0.5, 0.6) is 0 Å². The average molecular weight is 294 g/mol. The summed E-state index contributed by atoms with van der Waals surface area (Å²) >= 11 is 11.9. The van der Waals surface area contributed by atoms with Gasteiger partial charge in [-0.25, -0.2) is 0 Å². The Bertz CT molecular complexity index is 561. The van der Waals surface area contributed by atoms with Crippen LogP contribution in [0.3, 0.4) is 0 Å². The number of nitrogens with one attached hydrogen (secondary N) is 1. The van der Waals surface area contributed by atoms with Gasteiger partial charge in [0.15, 0.2) is 0 Å². The number of carbonyl (C=O) groups is 1. The molecule has 0 aromatic heterocycles. The Balaban J connectivity index is 1.95. The first kappa shape index (κ1) is 13.9. The summed E-state index contributed by atoms with van der Waals surface area (Å²) in [4.78, 5) is 11.7. The Morgan fingerprint density at radius 3 is 2.84 bits per heavy atom. The van der Waals surface area contributed by atoms with Gasteiger partial charge in [0.05, 0.1) is 16.1 Å². The lowest BCUT2D eigenvalue weighted by molar-refractivity contribution is -0.111. The molecule has 2 nitrogen and oxygen atoms in total. The maximum absolute atomic E-state index is 11.7. The van der Waals surface area contributed by atoms with Gasteiger partial charge in [0.1, 0.15) is 0 Å². The molecule has 0 bridgehead atoms. The summed E-state index contributed by atoms with van der Waals surface area (Å²) in [5.74, 6) is -0.213. The van der Waals surface area contributed by atoms with Crippen LogP contribution in [-0.4, -0.2) is 11.3 Å². The predicted molar refractivity (Wildman–Crippen MR) is 80.7 cm³/mol. The van der Waals surface area contributed by atoms with Crippen LogP contribution in [0.4, 0.5) is 5.69 Å². The van der Waals surface area contributed by atoms with E-state index in [1.807, 2.05) is 30.4 Å². The van der Waals surface area contributed by atoms with E-state index in [0.29, 0.717) is 10.7 Å². The van der Waals surface area contributed by atoms with Crippen LogP contribution in [0.25, 0.3) is 0 Å². The quantitative estimate of drug-likeness (QED) is 0.652. The van der Waals surface area contributed by atoms with Gasteiger partial charge in [0.2, 0.25) is 5.91 Å². The number of carbonyl (C=O) groups excluding carboxylic acids is 1. The van der Waals surface area contributed by atoms with Gasteiger partial charge in [0.25, 0.3) is 0 Å². The standard InChI is InChI=1S/C15H13Cl2NO/c16-12-8-5-11(6-9-12)7-10-15(19)18-14-4-2-1-3-13(14)17/h1-8,10,12H,9H2,(H,18,19)/b10-7+. The van der Waals surface area contributed by atoms with Crippen molar-refractivity contribution in [2.75, 3.05) is 5.32 Å². The fraction of sp³-hybridized carbons (Fsp3) is 0.133. The van der Waals surface area contributed by atoms with E-state index >= 15 is 0 Å². The zero-order chi connectivity index (χ0) is 13.7. The van der Waals surface area contributed by atoms with E-state index in [0.717, 1.165) is 12.0 Å². The molecule has 1 aliphatic rings. The van der Waals surface area contributed by atoms with E-state index in [-0.39, 0.29) is 11.3 Å². The maximum atomic E-state index is 11.7. The molecule has 4 heteroatoms. The lowest BCUT2D eigenvalue weighted by atomic mass is 10.1. The number of rotatable bonds is 3. The molecule has 0 saturated heterocycles. The highest BCUT2D eigenvalue weighted by molar-refractivity contribution is 6.33. The number of hydrogen-bond donors (Lipinski definition) is 1. The monoisotopic (exact) mass is 293 g/mol. The van der Waals surface area contributed by atoms with Crippen molar-refractivity contribution in [2.24, 2.45) is 0 Å². The second kappa shape index (κ2) is 6.60. The van der Waals surface area contributed by atoms with Gasteiger partial charge in [0, 0.05) is 6.08 Å². The number of halogens is 2. The van der Waals surface area contributed by atoms with Crippen LogP contribution < -0.4 is 5.32 Å². The SMILES string of the molecule is O=C(/C=C/C1=CCC(Cl)C=C1)Nc1ccccc1Cl. The van der Waals surface area contributed by atoms with Crippen molar-refractivity contribution in [1.29, 1.82) is 0 Å². The number of benzene rings is 1. The first-order valence-electron chi connectivity index (χ1n) is 5.91. The minimum Gasteiger partial charge on any atom is -0.321 e. The van der Waals surface area contributed by atoms with Crippen LogP contribution in [0.2, 0.25) is 5.02 Å². The van der Waals surface area contributed by atoms with Crippen molar-refractivity contribution in [3.63, 3.8) is 0 Å². The van der Waals surface area contributed by atoms with Crippen molar-refractivity contribution >= 4 is 34.8 Å². The number of anilines is 1. The van der Waals surface area contributed by atoms with Crippen LogP contribution in [0.1, 0.15) is 6.42 Å². The molecule has 0 radical (unpaired) electrons. The van der Waals surface area contributed by atoms with Crippen molar-refractivity contribution in [1.82, 2.24) is 0 Å². The van der Waals surface area contributed by atoms with Gasteiger partial charge in [-0.1, -0.05) is 42.0 Å². The molecule has 0 aliphatic heterocycles. The fourth-order valence-electron chi connectivity index (χ4n) is 1.64. The highest BCUT2D eigenvalue weighted by atomic mass is 35.5. The van der Waals surface area contributed by atoms with Crippen LogP contribution in [0, 0.1) is 0 Å². The number of amides is 1. The normalized spacial score (nSPS) is 18.4. The molecule has 2 rings (SSSR count). The Morgan fingerprint density at radius 2 is 2.16 bits per heavy atom. The van der Waals surface area contributed by atoms with Gasteiger partial charge >= 0.3 is 0 Å². The summed E-state index contributed by atoms with van der Waals surface area (Å²) in [6.45, 7) is 0. The maximum Gasteiger partial charge on any atom is 0.248 e. The van der Waals surface area contributed by atoms with Gasteiger partial charge in [-0.05, 0) is 30.2 Å². The van der Waals surface area contributed by atoms with Crippen molar-refractivity contribution in [3.8, 4) is 0 Å². The highest BCUT2D eigenvalue weighted by Gasteiger charge is 2.04. The first-order valence-corrected chi connectivity index (χ1v) is 6.72. The smallest absolute Gasteiger partial charge is 0.248 e. The molecular weight excluding hydrogens is 281 g/mol. The summed E-state index contributed by atoms with van der Waals surface area (Å²) in [5.41, 5.74) is 1.58. The molecule has 0 fully saturated rings. The first-order chi connectivity index (χ1) is 9.15. The van der Waals surface area contributed by atoms with E-state index in [4.69, 9.17) is 23.2 Å². The van der Waals surface area contributed by atoms with Gasteiger partial charge in [-0.3, -0.25) is 4.79 Å². The minimum absolute atomic E-state index is 0.0501. The molecule has 0 saturated carbocycles. The Hall–Kier alpha value is -1.51. The molecule has 1 amide bonds.